The van der Waals surface area contributed by atoms with Crippen LogP contribution >= 0.6 is 0 Å². The lowest BCUT2D eigenvalue weighted by Gasteiger charge is -2.15. The lowest BCUT2D eigenvalue weighted by Crippen LogP contribution is -2.31. The first-order chi connectivity index (χ1) is 13.0. The summed E-state index contributed by atoms with van der Waals surface area (Å²) in [7, 11) is 3.11. The van der Waals surface area contributed by atoms with E-state index in [1.807, 2.05) is 18.2 Å². The number of carbonyl (C=O) groups excluding carboxylic acids is 1. The van der Waals surface area contributed by atoms with Crippen molar-refractivity contribution in [3.8, 4) is 17.2 Å². The number of methoxy groups -OCH3 is 1. The Labute approximate surface area is 157 Å². The van der Waals surface area contributed by atoms with Gasteiger partial charge < -0.3 is 24.8 Å². The van der Waals surface area contributed by atoms with Crippen molar-refractivity contribution in [1.29, 1.82) is 0 Å². The Morgan fingerprint density at radius 1 is 1.04 bits per heavy atom. The van der Waals surface area contributed by atoms with Crippen LogP contribution in [-0.4, -0.2) is 49.3 Å². The van der Waals surface area contributed by atoms with E-state index in [1.54, 1.807) is 32.4 Å². The van der Waals surface area contributed by atoms with Crippen LogP contribution in [0.5, 0.6) is 17.2 Å². The molecular formula is C20H22N2O5. The number of rotatable bonds is 4. The van der Waals surface area contributed by atoms with Crippen LogP contribution < -0.4 is 14.8 Å². The number of ether oxygens (including phenoxy) is 2. The summed E-state index contributed by atoms with van der Waals surface area (Å²) < 4.78 is 11.3. The van der Waals surface area contributed by atoms with Crippen molar-refractivity contribution in [2.24, 2.45) is 0 Å². The monoisotopic (exact) mass is 370 g/mol. The topological polar surface area (TPSA) is 88.1 Å². The molecular weight excluding hydrogens is 348 g/mol. The van der Waals surface area contributed by atoms with Gasteiger partial charge in [-0.25, -0.2) is 4.79 Å². The van der Waals surface area contributed by atoms with Gasteiger partial charge in [0.1, 0.15) is 5.75 Å². The van der Waals surface area contributed by atoms with E-state index < -0.39 is 6.09 Å². The van der Waals surface area contributed by atoms with Gasteiger partial charge >= 0.3 is 6.09 Å². The van der Waals surface area contributed by atoms with Crippen molar-refractivity contribution in [3.63, 3.8) is 0 Å². The molecule has 0 saturated heterocycles. The number of hydrogen-bond acceptors (Lipinski definition) is 4. The van der Waals surface area contributed by atoms with Gasteiger partial charge in [0, 0.05) is 25.7 Å². The zero-order valence-electron chi connectivity index (χ0n) is 15.3. The molecule has 1 heterocycles. The number of fused-ring (bicyclic) bond motifs is 1. The van der Waals surface area contributed by atoms with Crippen LogP contribution in [0, 0.1) is 0 Å². The van der Waals surface area contributed by atoms with E-state index in [0.717, 1.165) is 11.1 Å². The molecule has 3 rings (SSSR count). The molecule has 0 unspecified atom stereocenters. The van der Waals surface area contributed by atoms with Gasteiger partial charge in [0.15, 0.2) is 11.5 Å². The van der Waals surface area contributed by atoms with E-state index in [9.17, 15) is 14.7 Å². The van der Waals surface area contributed by atoms with Gasteiger partial charge in [-0.2, -0.15) is 0 Å². The van der Waals surface area contributed by atoms with Gasteiger partial charge in [-0.05, 0) is 54.3 Å². The Kier molecular flexibility index (Phi) is 5.49. The molecule has 142 valence electrons. The molecule has 2 amide bonds. The molecule has 7 nitrogen and oxygen atoms in total. The zero-order chi connectivity index (χ0) is 19.4. The van der Waals surface area contributed by atoms with Crippen LogP contribution in [-0.2, 0) is 12.8 Å². The normalized spacial score (nSPS) is 13.3. The fourth-order valence-corrected chi connectivity index (χ4v) is 3.13. The molecule has 0 bridgehead atoms. The highest BCUT2D eigenvalue weighted by atomic mass is 16.5. The van der Waals surface area contributed by atoms with Gasteiger partial charge in [0.05, 0.1) is 7.11 Å². The summed E-state index contributed by atoms with van der Waals surface area (Å²) in [6.45, 7) is 0.950. The maximum atomic E-state index is 11.9. The van der Waals surface area contributed by atoms with E-state index in [0.29, 0.717) is 48.7 Å². The summed E-state index contributed by atoms with van der Waals surface area (Å²) in [5.41, 5.74) is 2.66. The third-order valence-electron chi connectivity index (χ3n) is 4.63. The Morgan fingerprint density at radius 3 is 2.44 bits per heavy atom. The van der Waals surface area contributed by atoms with Crippen LogP contribution in [0.25, 0.3) is 0 Å². The second kappa shape index (κ2) is 7.99. The van der Waals surface area contributed by atoms with Crippen molar-refractivity contribution >= 4 is 12.0 Å². The molecule has 0 atom stereocenters. The van der Waals surface area contributed by atoms with Crippen molar-refractivity contribution in [2.75, 3.05) is 27.2 Å². The van der Waals surface area contributed by atoms with Gasteiger partial charge in [0.25, 0.3) is 5.91 Å². The lowest BCUT2D eigenvalue weighted by atomic mass is 10.0. The minimum absolute atomic E-state index is 0.210. The Hall–Kier alpha value is -3.22. The number of hydrogen-bond donors (Lipinski definition) is 2. The van der Waals surface area contributed by atoms with Crippen molar-refractivity contribution < 1.29 is 24.2 Å². The van der Waals surface area contributed by atoms with Crippen molar-refractivity contribution in [3.05, 3.63) is 53.1 Å². The summed E-state index contributed by atoms with van der Waals surface area (Å²) >= 11 is 0. The maximum absolute atomic E-state index is 11.9. The molecule has 2 aromatic carbocycles. The molecule has 0 fully saturated rings. The second-order valence-corrected chi connectivity index (χ2v) is 6.25. The van der Waals surface area contributed by atoms with E-state index in [1.165, 1.54) is 4.90 Å². The first-order valence-corrected chi connectivity index (χ1v) is 8.69. The average Bonchev–Trinajstić information content (AvgIpc) is 2.89. The first kappa shape index (κ1) is 18.6. The van der Waals surface area contributed by atoms with Crippen LogP contribution in [0.4, 0.5) is 4.79 Å². The highest BCUT2D eigenvalue weighted by molar-refractivity contribution is 5.94. The summed E-state index contributed by atoms with van der Waals surface area (Å²) in [6.07, 6.45) is 0.418. The number of carboxylic acid groups (broad SMARTS) is 1. The number of carbonyl (C=O) groups is 2. The highest BCUT2D eigenvalue weighted by Gasteiger charge is 2.18. The molecule has 1 aliphatic rings. The lowest BCUT2D eigenvalue weighted by molar-refractivity contribution is 0.0962. The maximum Gasteiger partial charge on any atom is 0.407 e. The van der Waals surface area contributed by atoms with E-state index >= 15 is 0 Å². The first-order valence-electron chi connectivity index (χ1n) is 8.69. The Morgan fingerprint density at radius 2 is 1.78 bits per heavy atom. The molecule has 0 spiro atoms. The highest BCUT2D eigenvalue weighted by Crippen LogP contribution is 2.33. The van der Waals surface area contributed by atoms with Crippen LogP contribution in [0.15, 0.2) is 36.4 Å². The van der Waals surface area contributed by atoms with Crippen molar-refractivity contribution in [1.82, 2.24) is 10.2 Å². The Bertz CT molecular complexity index is 865. The van der Waals surface area contributed by atoms with Gasteiger partial charge in [-0.1, -0.05) is 6.07 Å². The molecule has 7 heteroatoms. The van der Waals surface area contributed by atoms with Crippen LogP contribution in [0.1, 0.15) is 21.5 Å². The molecule has 2 aromatic rings. The molecule has 1 aliphatic heterocycles. The minimum Gasteiger partial charge on any atom is -0.493 e. The molecule has 0 aromatic heterocycles. The number of benzene rings is 2. The standard InChI is InChI=1S/C20H22N2O5/c1-21-19(23)15-4-6-17(26-2)18(12-15)27-16-5-3-13-7-9-22(20(24)25)10-8-14(13)11-16/h3-6,11-12H,7-10H2,1-2H3,(H,21,23)(H,24,25). The molecule has 27 heavy (non-hydrogen) atoms. The van der Waals surface area contributed by atoms with Crippen LogP contribution in [0.3, 0.4) is 0 Å². The van der Waals surface area contributed by atoms with Gasteiger partial charge in [-0.15, -0.1) is 0 Å². The fraction of sp³-hybridized carbons (Fsp3) is 0.300. The second-order valence-electron chi connectivity index (χ2n) is 6.25. The summed E-state index contributed by atoms with van der Waals surface area (Å²) in [5.74, 6) is 1.37. The largest absolute Gasteiger partial charge is 0.493 e. The fourth-order valence-electron chi connectivity index (χ4n) is 3.13. The minimum atomic E-state index is -0.893. The summed E-state index contributed by atoms with van der Waals surface area (Å²) in [6, 6.07) is 10.7. The van der Waals surface area contributed by atoms with Crippen molar-refractivity contribution in [2.45, 2.75) is 12.8 Å². The Balaban J connectivity index is 1.85. The summed E-state index contributed by atoms with van der Waals surface area (Å²) in [4.78, 5) is 24.5. The van der Waals surface area contributed by atoms with Gasteiger partial charge in [-0.3, -0.25) is 4.79 Å². The van der Waals surface area contributed by atoms with Crippen LogP contribution in [0.2, 0.25) is 0 Å². The van der Waals surface area contributed by atoms with E-state index in [2.05, 4.69) is 5.32 Å². The number of amides is 2. The average molecular weight is 370 g/mol. The molecule has 0 radical (unpaired) electrons. The van der Waals surface area contributed by atoms with Gasteiger partial charge in [0.2, 0.25) is 0 Å². The third-order valence-corrected chi connectivity index (χ3v) is 4.63. The summed E-state index contributed by atoms with van der Waals surface area (Å²) in [5, 5.41) is 11.8. The third kappa shape index (κ3) is 4.13. The number of nitrogens with one attached hydrogen (secondary N) is 1. The van der Waals surface area contributed by atoms with E-state index in [-0.39, 0.29) is 5.91 Å². The SMILES string of the molecule is CNC(=O)c1ccc(OC)c(Oc2ccc3c(c2)CCN(C(=O)O)CC3)c1. The quantitative estimate of drug-likeness (QED) is 0.864. The number of nitrogens with zero attached hydrogens (tertiary/aromatic N) is 1. The predicted molar refractivity (Wildman–Crippen MR) is 99.9 cm³/mol. The molecule has 0 aliphatic carbocycles. The molecule has 2 N–H and O–H groups in total. The zero-order valence-corrected chi connectivity index (χ0v) is 15.3. The molecule has 0 saturated carbocycles. The predicted octanol–water partition coefficient (Wildman–Crippen LogP) is 2.93. The van der Waals surface area contributed by atoms with E-state index in [4.69, 9.17) is 9.47 Å². The smallest absolute Gasteiger partial charge is 0.407 e.